The zero-order chi connectivity index (χ0) is 13.1. The predicted octanol–water partition coefficient (Wildman–Crippen LogP) is 3.89. The minimum absolute atomic E-state index is 0.241. The maximum absolute atomic E-state index is 6.15. The molecule has 0 aromatic carbocycles. The summed E-state index contributed by atoms with van der Waals surface area (Å²) in [4.78, 5) is 0. The highest BCUT2D eigenvalue weighted by molar-refractivity contribution is 4.92. The molecule has 18 heavy (non-hydrogen) atoms. The molecule has 0 aromatic rings. The highest BCUT2D eigenvalue weighted by Gasteiger charge is 2.38. The third-order valence-corrected chi connectivity index (χ3v) is 5.08. The summed E-state index contributed by atoms with van der Waals surface area (Å²) in [6.07, 6.45) is 10.4. The maximum Gasteiger partial charge on any atom is 0.0697 e. The second-order valence-electron chi connectivity index (χ2n) is 7.18. The lowest BCUT2D eigenvalue weighted by atomic mass is 9.78. The molecule has 1 spiro atoms. The van der Waals surface area contributed by atoms with Crippen LogP contribution >= 0.6 is 0 Å². The Kier molecular flexibility index (Phi) is 4.71. The van der Waals surface area contributed by atoms with Crippen LogP contribution in [-0.4, -0.2) is 24.8 Å². The molecule has 1 unspecified atom stereocenters. The summed E-state index contributed by atoms with van der Waals surface area (Å²) >= 11 is 0. The van der Waals surface area contributed by atoms with Gasteiger partial charge in [-0.05, 0) is 37.5 Å². The SMILES string of the molecule is CCC(C)(C)CNC1CCOC2(CCCCC2)C1. The van der Waals surface area contributed by atoms with Crippen molar-refractivity contribution in [3.8, 4) is 0 Å². The normalized spacial score (nSPS) is 28.5. The number of ether oxygens (including phenoxy) is 1. The zero-order valence-electron chi connectivity index (χ0n) is 12.6. The van der Waals surface area contributed by atoms with Crippen LogP contribution in [0.4, 0.5) is 0 Å². The van der Waals surface area contributed by atoms with Crippen LogP contribution in [0.25, 0.3) is 0 Å². The van der Waals surface area contributed by atoms with Gasteiger partial charge in [0.1, 0.15) is 0 Å². The van der Waals surface area contributed by atoms with Crippen LogP contribution in [0.3, 0.4) is 0 Å². The van der Waals surface area contributed by atoms with Crippen molar-refractivity contribution in [3.05, 3.63) is 0 Å². The van der Waals surface area contributed by atoms with Gasteiger partial charge in [0.15, 0.2) is 0 Å². The van der Waals surface area contributed by atoms with E-state index < -0.39 is 0 Å². The first-order valence-corrected chi connectivity index (χ1v) is 7.93. The van der Waals surface area contributed by atoms with Gasteiger partial charge in [0, 0.05) is 19.2 Å². The van der Waals surface area contributed by atoms with Gasteiger partial charge in [0.05, 0.1) is 5.60 Å². The third kappa shape index (κ3) is 3.71. The van der Waals surface area contributed by atoms with Crippen LogP contribution < -0.4 is 5.32 Å². The maximum atomic E-state index is 6.15. The van der Waals surface area contributed by atoms with E-state index in [-0.39, 0.29) is 5.60 Å². The highest BCUT2D eigenvalue weighted by Crippen LogP contribution is 2.38. The van der Waals surface area contributed by atoms with Crippen LogP contribution in [0.15, 0.2) is 0 Å². The molecule has 0 bridgehead atoms. The molecule has 1 saturated heterocycles. The zero-order valence-corrected chi connectivity index (χ0v) is 12.6. The van der Waals surface area contributed by atoms with Crippen molar-refractivity contribution in [2.24, 2.45) is 5.41 Å². The molecule has 106 valence electrons. The summed E-state index contributed by atoms with van der Waals surface area (Å²) in [7, 11) is 0. The fourth-order valence-electron chi connectivity index (χ4n) is 3.29. The lowest BCUT2D eigenvalue weighted by Crippen LogP contribution is -2.49. The van der Waals surface area contributed by atoms with E-state index >= 15 is 0 Å². The summed E-state index contributed by atoms with van der Waals surface area (Å²) in [5, 5.41) is 3.80. The molecule has 2 fully saturated rings. The van der Waals surface area contributed by atoms with E-state index in [2.05, 4.69) is 26.1 Å². The van der Waals surface area contributed by atoms with E-state index in [1.54, 1.807) is 0 Å². The van der Waals surface area contributed by atoms with Crippen LogP contribution in [0.1, 0.15) is 72.1 Å². The second kappa shape index (κ2) is 5.92. The molecule has 1 heterocycles. The predicted molar refractivity (Wildman–Crippen MR) is 76.9 cm³/mol. The highest BCUT2D eigenvalue weighted by atomic mass is 16.5. The third-order valence-electron chi connectivity index (χ3n) is 5.08. The summed E-state index contributed by atoms with van der Waals surface area (Å²) in [6, 6.07) is 0.683. The molecular formula is C16H31NO. The van der Waals surface area contributed by atoms with Crippen molar-refractivity contribution in [2.75, 3.05) is 13.2 Å². The Balaban J connectivity index is 1.83. The largest absolute Gasteiger partial charge is 0.375 e. The number of rotatable bonds is 4. The standard InChI is InChI=1S/C16H31NO/c1-4-15(2,3)13-17-14-8-11-18-16(12-14)9-6-5-7-10-16/h14,17H,4-13H2,1-3H3. The number of hydrogen-bond donors (Lipinski definition) is 1. The smallest absolute Gasteiger partial charge is 0.0697 e. The van der Waals surface area contributed by atoms with E-state index in [1.165, 1.54) is 51.4 Å². The van der Waals surface area contributed by atoms with Gasteiger partial charge in [-0.3, -0.25) is 0 Å². The molecule has 0 radical (unpaired) electrons. The summed E-state index contributed by atoms with van der Waals surface area (Å²) < 4.78 is 6.15. The van der Waals surface area contributed by atoms with E-state index in [0.717, 1.165) is 13.2 Å². The first-order chi connectivity index (χ1) is 8.55. The number of nitrogens with one attached hydrogen (secondary N) is 1. The average Bonchev–Trinajstić information content (AvgIpc) is 2.38. The van der Waals surface area contributed by atoms with Crippen LogP contribution in [-0.2, 0) is 4.74 Å². The van der Waals surface area contributed by atoms with Crippen molar-refractivity contribution in [2.45, 2.75) is 83.8 Å². The minimum atomic E-state index is 0.241. The molecule has 2 aliphatic rings. The summed E-state index contributed by atoms with van der Waals surface area (Å²) in [6.45, 7) is 9.11. The Morgan fingerprint density at radius 2 is 1.94 bits per heavy atom. The van der Waals surface area contributed by atoms with E-state index in [1.807, 2.05) is 0 Å². The van der Waals surface area contributed by atoms with E-state index in [9.17, 15) is 0 Å². The van der Waals surface area contributed by atoms with Gasteiger partial charge in [-0.1, -0.05) is 40.0 Å². The molecule has 1 aliphatic carbocycles. The first kappa shape index (κ1) is 14.3. The fourth-order valence-corrected chi connectivity index (χ4v) is 3.29. The van der Waals surface area contributed by atoms with Crippen LogP contribution in [0.2, 0.25) is 0 Å². The Hall–Kier alpha value is -0.0800. The Morgan fingerprint density at radius 3 is 2.61 bits per heavy atom. The summed E-state index contributed by atoms with van der Waals surface area (Å²) in [5.41, 5.74) is 0.669. The number of hydrogen-bond acceptors (Lipinski definition) is 2. The quantitative estimate of drug-likeness (QED) is 0.820. The summed E-state index contributed by atoms with van der Waals surface area (Å²) in [5.74, 6) is 0. The molecule has 1 aliphatic heterocycles. The van der Waals surface area contributed by atoms with Gasteiger partial charge in [0.25, 0.3) is 0 Å². The van der Waals surface area contributed by atoms with Gasteiger partial charge < -0.3 is 10.1 Å². The van der Waals surface area contributed by atoms with Gasteiger partial charge in [-0.25, -0.2) is 0 Å². The van der Waals surface area contributed by atoms with Crippen LogP contribution in [0, 0.1) is 5.41 Å². The fraction of sp³-hybridized carbons (Fsp3) is 1.00. The van der Waals surface area contributed by atoms with Crippen molar-refractivity contribution in [1.82, 2.24) is 5.32 Å². The Labute approximate surface area is 113 Å². The lowest BCUT2D eigenvalue weighted by Gasteiger charge is -2.44. The van der Waals surface area contributed by atoms with E-state index in [0.29, 0.717) is 11.5 Å². The van der Waals surface area contributed by atoms with Crippen molar-refractivity contribution >= 4 is 0 Å². The van der Waals surface area contributed by atoms with Gasteiger partial charge in [-0.15, -0.1) is 0 Å². The van der Waals surface area contributed by atoms with Gasteiger partial charge in [-0.2, -0.15) is 0 Å². The van der Waals surface area contributed by atoms with Crippen molar-refractivity contribution < 1.29 is 4.74 Å². The average molecular weight is 253 g/mol. The Bertz CT molecular complexity index is 250. The molecule has 0 aromatic heterocycles. The Morgan fingerprint density at radius 1 is 1.22 bits per heavy atom. The van der Waals surface area contributed by atoms with Crippen molar-refractivity contribution in [1.29, 1.82) is 0 Å². The monoisotopic (exact) mass is 253 g/mol. The topological polar surface area (TPSA) is 21.3 Å². The molecule has 1 atom stereocenters. The minimum Gasteiger partial charge on any atom is -0.375 e. The second-order valence-corrected chi connectivity index (χ2v) is 7.18. The molecule has 2 heteroatoms. The van der Waals surface area contributed by atoms with Gasteiger partial charge >= 0.3 is 0 Å². The molecular weight excluding hydrogens is 222 g/mol. The lowest BCUT2D eigenvalue weighted by molar-refractivity contribution is -0.109. The van der Waals surface area contributed by atoms with Crippen molar-refractivity contribution in [3.63, 3.8) is 0 Å². The molecule has 1 N–H and O–H groups in total. The van der Waals surface area contributed by atoms with E-state index in [4.69, 9.17) is 4.74 Å². The first-order valence-electron chi connectivity index (χ1n) is 7.93. The van der Waals surface area contributed by atoms with Gasteiger partial charge in [0.2, 0.25) is 0 Å². The molecule has 1 saturated carbocycles. The van der Waals surface area contributed by atoms with Crippen LogP contribution in [0.5, 0.6) is 0 Å². The molecule has 0 amide bonds. The molecule has 2 rings (SSSR count). The molecule has 2 nitrogen and oxygen atoms in total.